The first kappa shape index (κ1) is 30.5. The van der Waals surface area contributed by atoms with Gasteiger partial charge in [0.15, 0.2) is 4.80 Å². The van der Waals surface area contributed by atoms with Crippen molar-refractivity contribution in [3.63, 3.8) is 0 Å². The summed E-state index contributed by atoms with van der Waals surface area (Å²) in [7, 11) is 0. The Morgan fingerprint density at radius 1 is 1.02 bits per heavy atom. The van der Waals surface area contributed by atoms with Crippen LogP contribution in [0.4, 0.5) is 0 Å². The van der Waals surface area contributed by atoms with E-state index < -0.39 is 12.0 Å². The van der Waals surface area contributed by atoms with E-state index in [1.807, 2.05) is 66.7 Å². The molecule has 222 valence electrons. The molecular weight excluding hydrogens is 580 g/mol. The standard InChI is InChI=1S/C35H35ClN2O4S/c1-5-7-29-31(34(40)41-6-2)32(26-14-12-25(13-15-26)22(3)4)38-33(39)30(43-35(38)37-29)20-23-10-18-28(19-11-23)42-21-24-8-16-27(36)17-9-24/h8-20,22,32H,5-7,21H2,1-4H3/b30-20-. The van der Waals surface area contributed by atoms with Crippen molar-refractivity contribution < 1.29 is 14.3 Å². The molecular formula is C35H35ClN2O4S. The van der Waals surface area contributed by atoms with E-state index in [1.54, 1.807) is 11.5 Å². The molecule has 0 amide bonds. The number of esters is 1. The van der Waals surface area contributed by atoms with Crippen LogP contribution in [0, 0.1) is 0 Å². The van der Waals surface area contributed by atoms with Crippen molar-refractivity contribution in [1.82, 2.24) is 4.57 Å². The molecule has 0 aliphatic carbocycles. The second kappa shape index (κ2) is 13.6. The van der Waals surface area contributed by atoms with Gasteiger partial charge in [0.05, 0.1) is 28.5 Å². The smallest absolute Gasteiger partial charge is 0.338 e. The quantitative estimate of drug-likeness (QED) is 0.182. The summed E-state index contributed by atoms with van der Waals surface area (Å²) in [6.45, 7) is 8.78. The lowest BCUT2D eigenvalue weighted by atomic mass is 9.92. The van der Waals surface area contributed by atoms with Crippen LogP contribution in [-0.2, 0) is 16.1 Å². The van der Waals surface area contributed by atoms with Gasteiger partial charge in [0, 0.05) is 5.02 Å². The van der Waals surface area contributed by atoms with Crippen LogP contribution in [-0.4, -0.2) is 17.1 Å². The Bertz CT molecular complexity index is 1800. The molecule has 4 aromatic rings. The summed E-state index contributed by atoms with van der Waals surface area (Å²) in [6.07, 6.45) is 3.28. The minimum atomic E-state index is -0.621. The van der Waals surface area contributed by atoms with Crippen molar-refractivity contribution in [2.45, 2.75) is 59.1 Å². The molecule has 1 atom stereocenters. The molecule has 43 heavy (non-hydrogen) atoms. The molecule has 5 rings (SSSR count). The number of hydrogen-bond acceptors (Lipinski definition) is 6. The first-order valence-electron chi connectivity index (χ1n) is 14.6. The molecule has 1 aliphatic rings. The highest BCUT2D eigenvalue weighted by Gasteiger charge is 2.34. The number of fused-ring (bicyclic) bond motifs is 1. The summed E-state index contributed by atoms with van der Waals surface area (Å²) < 4.78 is 13.6. The zero-order valence-electron chi connectivity index (χ0n) is 24.8. The number of rotatable bonds is 10. The van der Waals surface area contributed by atoms with E-state index in [0.29, 0.717) is 44.6 Å². The van der Waals surface area contributed by atoms with Gasteiger partial charge in [0.1, 0.15) is 12.4 Å². The topological polar surface area (TPSA) is 69.9 Å². The van der Waals surface area contributed by atoms with Crippen LogP contribution in [0.15, 0.2) is 93.9 Å². The van der Waals surface area contributed by atoms with Gasteiger partial charge in [-0.25, -0.2) is 9.79 Å². The first-order valence-corrected chi connectivity index (χ1v) is 15.8. The van der Waals surface area contributed by atoms with Crippen molar-refractivity contribution in [2.24, 2.45) is 4.99 Å². The van der Waals surface area contributed by atoms with Crippen LogP contribution in [0.5, 0.6) is 5.75 Å². The third kappa shape index (κ3) is 6.84. The summed E-state index contributed by atoms with van der Waals surface area (Å²) in [5.74, 6) is 0.652. The summed E-state index contributed by atoms with van der Waals surface area (Å²) in [6, 6.07) is 22.7. The molecule has 1 unspecified atom stereocenters. The highest BCUT2D eigenvalue weighted by Crippen LogP contribution is 2.33. The lowest BCUT2D eigenvalue weighted by Crippen LogP contribution is -2.40. The number of ether oxygens (including phenoxy) is 2. The van der Waals surface area contributed by atoms with Crippen LogP contribution in [0.2, 0.25) is 5.02 Å². The van der Waals surface area contributed by atoms with E-state index in [2.05, 4.69) is 32.9 Å². The molecule has 2 heterocycles. The van der Waals surface area contributed by atoms with Crippen molar-refractivity contribution in [2.75, 3.05) is 6.61 Å². The minimum Gasteiger partial charge on any atom is -0.489 e. The molecule has 8 heteroatoms. The van der Waals surface area contributed by atoms with Crippen molar-refractivity contribution in [3.05, 3.63) is 131 Å². The zero-order chi connectivity index (χ0) is 30.5. The highest BCUT2D eigenvalue weighted by atomic mass is 35.5. The lowest BCUT2D eigenvalue weighted by molar-refractivity contribution is -0.139. The van der Waals surface area contributed by atoms with E-state index in [1.165, 1.54) is 16.9 Å². The molecule has 1 aliphatic heterocycles. The number of carbonyl (C=O) groups is 1. The summed E-state index contributed by atoms with van der Waals surface area (Å²) in [4.78, 5) is 32.8. The third-order valence-corrected chi connectivity index (χ3v) is 8.54. The maximum atomic E-state index is 14.0. The van der Waals surface area contributed by atoms with Crippen LogP contribution >= 0.6 is 22.9 Å². The minimum absolute atomic E-state index is 0.193. The predicted molar refractivity (Wildman–Crippen MR) is 172 cm³/mol. The molecule has 0 fully saturated rings. The molecule has 0 saturated heterocycles. The number of hydrogen-bond donors (Lipinski definition) is 0. The molecule has 0 N–H and O–H groups in total. The fourth-order valence-electron chi connectivity index (χ4n) is 5.06. The Hall–Kier alpha value is -3.94. The number of nitrogens with zero attached hydrogens (tertiary/aromatic N) is 2. The fraction of sp³-hybridized carbons (Fsp3) is 0.286. The summed E-state index contributed by atoms with van der Waals surface area (Å²) >= 11 is 7.30. The molecule has 1 aromatic heterocycles. The van der Waals surface area contributed by atoms with Gasteiger partial charge in [0.25, 0.3) is 5.56 Å². The number of carbonyl (C=O) groups excluding carboxylic acids is 1. The van der Waals surface area contributed by atoms with Crippen molar-refractivity contribution >= 4 is 35.0 Å². The highest BCUT2D eigenvalue weighted by molar-refractivity contribution is 7.07. The predicted octanol–water partition coefficient (Wildman–Crippen LogP) is 6.93. The van der Waals surface area contributed by atoms with Gasteiger partial charge < -0.3 is 9.47 Å². The van der Waals surface area contributed by atoms with Crippen LogP contribution in [0.1, 0.15) is 74.8 Å². The van der Waals surface area contributed by atoms with Crippen LogP contribution in [0.25, 0.3) is 6.08 Å². The largest absolute Gasteiger partial charge is 0.489 e. The average Bonchev–Trinajstić information content (AvgIpc) is 3.31. The molecule has 0 spiro atoms. The average molecular weight is 615 g/mol. The molecule has 3 aromatic carbocycles. The number of allylic oxidation sites excluding steroid dienone is 1. The van der Waals surface area contributed by atoms with Crippen molar-refractivity contribution in [1.29, 1.82) is 0 Å². The first-order chi connectivity index (χ1) is 20.8. The van der Waals surface area contributed by atoms with Crippen molar-refractivity contribution in [3.8, 4) is 5.75 Å². The number of halogens is 1. The number of aromatic nitrogens is 1. The van der Waals surface area contributed by atoms with Gasteiger partial charge >= 0.3 is 5.97 Å². The number of benzene rings is 3. The van der Waals surface area contributed by atoms with E-state index in [0.717, 1.165) is 28.9 Å². The molecule has 6 nitrogen and oxygen atoms in total. The Morgan fingerprint density at radius 3 is 2.35 bits per heavy atom. The van der Waals surface area contributed by atoms with E-state index >= 15 is 0 Å². The van der Waals surface area contributed by atoms with Gasteiger partial charge in [-0.1, -0.05) is 98.7 Å². The van der Waals surface area contributed by atoms with Gasteiger partial charge in [0.2, 0.25) is 0 Å². The molecule has 0 bridgehead atoms. The van der Waals surface area contributed by atoms with Gasteiger partial charge in [-0.15, -0.1) is 0 Å². The molecule has 0 radical (unpaired) electrons. The normalized spacial score (nSPS) is 14.9. The Kier molecular flexibility index (Phi) is 9.63. The van der Waals surface area contributed by atoms with E-state index in [4.69, 9.17) is 26.1 Å². The summed E-state index contributed by atoms with van der Waals surface area (Å²) in [5, 5.41) is 0.687. The number of thiazole rings is 1. The molecule has 0 saturated carbocycles. The summed E-state index contributed by atoms with van der Waals surface area (Å²) in [5.41, 5.74) is 4.84. The zero-order valence-corrected chi connectivity index (χ0v) is 26.4. The Balaban J connectivity index is 1.53. The maximum Gasteiger partial charge on any atom is 0.338 e. The van der Waals surface area contributed by atoms with E-state index in [9.17, 15) is 9.59 Å². The van der Waals surface area contributed by atoms with Gasteiger partial charge in [-0.2, -0.15) is 0 Å². The van der Waals surface area contributed by atoms with Crippen LogP contribution < -0.4 is 19.6 Å². The Labute approximate surface area is 260 Å². The fourth-order valence-corrected chi connectivity index (χ4v) is 6.20. The second-order valence-electron chi connectivity index (χ2n) is 10.7. The second-order valence-corrected chi connectivity index (χ2v) is 12.2. The van der Waals surface area contributed by atoms with E-state index in [-0.39, 0.29) is 12.2 Å². The third-order valence-electron chi connectivity index (χ3n) is 7.31. The van der Waals surface area contributed by atoms with Gasteiger partial charge in [-0.05, 0) is 71.9 Å². The SMILES string of the molecule is CCCC1=C(C(=O)OCC)C(c2ccc(C(C)C)cc2)n2c(s/c(=C\c3ccc(OCc4ccc(Cl)cc4)cc3)c2=O)=N1. The maximum absolute atomic E-state index is 14.0. The van der Waals surface area contributed by atoms with Crippen LogP contribution in [0.3, 0.4) is 0 Å². The monoisotopic (exact) mass is 614 g/mol. The Morgan fingerprint density at radius 2 is 1.72 bits per heavy atom. The lowest BCUT2D eigenvalue weighted by Gasteiger charge is -2.26. The van der Waals surface area contributed by atoms with Gasteiger partial charge in [-0.3, -0.25) is 9.36 Å².